The molecule has 0 heterocycles. The molecule has 0 saturated heterocycles. The number of aryl methyl sites for hydroxylation is 2. The van der Waals surface area contributed by atoms with E-state index in [1.54, 1.807) is 0 Å². The van der Waals surface area contributed by atoms with E-state index in [1.807, 2.05) is 38.4 Å². The van der Waals surface area contributed by atoms with Gasteiger partial charge in [-0.05, 0) is 92.2 Å². The molecule has 0 aliphatic heterocycles. The summed E-state index contributed by atoms with van der Waals surface area (Å²) in [6, 6.07) is 8.59. The molecule has 2 N–H and O–H groups in total. The van der Waals surface area contributed by atoms with Crippen LogP contribution in [-0.2, 0) is 37.2 Å². The standard InChI is InChI=1S/C29H40N2O2.2C2H4O2.Co/c1-18-11-22(28(3,4)5)13-20(26(18)32)16-30-24-9-10-25(15-24)31-17-21-14-23(29(6,7)8)12-19(2)27(21)33;2*1-2(3)4;/h11-14,16-17,24-25,32-33H,9-10,15H2,1-8H3;2*1H3,(H,3,4);/q;;;+2/p-2. The van der Waals surface area contributed by atoms with Crippen molar-refractivity contribution in [1.82, 2.24) is 0 Å². The molecular weight excluding hydrogens is 579 g/mol. The molecule has 8 nitrogen and oxygen atoms in total. The number of carboxylic acids is 2. The summed E-state index contributed by atoms with van der Waals surface area (Å²) in [4.78, 5) is 27.4. The predicted molar refractivity (Wildman–Crippen MR) is 161 cm³/mol. The normalized spacial score (nSPS) is 16.7. The minimum atomic E-state index is -1.08. The molecule has 3 rings (SSSR count). The van der Waals surface area contributed by atoms with Crippen molar-refractivity contribution < 1.29 is 46.8 Å². The predicted octanol–water partition coefficient (Wildman–Crippen LogP) is 4.28. The van der Waals surface area contributed by atoms with Crippen molar-refractivity contribution >= 4 is 24.4 Å². The largest absolute Gasteiger partial charge is 2.00 e. The molecule has 0 aromatic heterocycles. The van der Waals surface area contributed by atoms with Crippen molar-refractivity contribution in [2.45, 2.75) is 111 Å². The number of carboxylic acid groups (broad SMARTS) is 2. The van der Waals surface area contributed by atoms with Crippen LogP contribution in [-0.4, -0.2) is 46.7 Å². The number of phenolic OH excluding ortho intramolecular Hbond substituents is 2. The number of carbonyl (C=O) groups is 2. The zero-order chi connectivity index (χ0) is 31.7. The molecule has 1 aliphatic carbocycles. The molecular formula is C33H46CoN2O6. The number of hydrogen-bond donors (Lipinski definition) is 2. The fraction of sp³-hybridized carbons (Fsp3) is 0.515. The van der Waals surface area contributed by atoms with Gasteiger partial charge in [0.25, 0.3) is 0 Å². The number of rotatable bonds is 4. The third kappa shape index (κ3) is 13.2. The van der Waals surface area contributed by atoms with Crippen LogP contribution in [0.15, 0.2) is 34.3 Å². The van der Waals surface area contributed by atoms with E-state index in [9.17, 15) is 10.2 Å². The van der Waals surface area contributed by atoms with Crippen LogP contribution < -0.4 is 10.2 Å². The van der Waals surface area contributed by atoms with E-state index in [4.69, 9.17) is 29.8 Å². The van der Waals surface area contributed by atoms with Crippen LogP contribution in [0.5, 0.6) is 11.5 Å². The van der Waals surface area contributed by atoms with E-state index >= 15 is 0 Å². The minimum Gasteiger partial charge on any atom is -0.550 e. The van der Waals surface area contributed by atoms with E-state index in [2.05, 4.69) is 53.7 Å². The number of phenols is 2. The van der Waals surface area contributed by atoms with Crippen molar-refractivity contribution in [3.8, 4) is 11.5 Å². The third-order valence-corrected chi connectivity index (χ3v) is 6.62. The minimum absolute atomic E-state index is 0. The van der Waals surface area contributed by atoms with Crippen molar-refractivity contribution in [2.24, 2.45) is 9.98 Å². The average molecular weight is 626 g/mol. The second-order valence-corrected chi connectivity index (χ2v) is 12.6. The topological polar surface area (TPSA) is 145 Å². The van der Waals surface area contributed by atoms with Gasteiger partial charge in [-0.2, -0.15) is 0 Å². The summed E-state index contributed by atoms with van der Waals surface area (Å²) in [5, 5.41) is 38.8. The summed E-state index contributed by atoms with van der Waals surface area (Å²) in [6.45, 7) is 18.9. The number of aromatic hydroxyl groups is 2. The summed E-state index contributed by atoms with van der Waals surface area (Å²) < 4.78 is 0. The zero-order valence-corrected chi connectivity index (χ0v) is 27.5. The zero-order valence-electron chi connectivity index (χ0n) is 26.5. The Bertz CT molecular complexity index is 1170. The Morgan fingerprint density at radius 3 is 1.29 bits per heavy atom. The molecule has 2 unspecified atom stereocenters. The molecule has 1 saturated carbocycles. The number of carbonyl (C=O) groups excluding carboxylic acids is 2. The van der Waals surface area contributed by atoms with E-state index in [0.29, 0.717) is 11.5 Å². The van der Waals surface area contributed by atoms with Crippen LogP contribution in [0.4, 0.5) is 0 Å². The molecule has 9 heteroatoms. The Morgan fingerprint density at radius 1 is 0.738 bits per heavy atom. The van der Waals surface area contributed by atoms with Gasteiger partial charge < -0.3 is 30.0 Å². The Hall–Kier alpha value is -3.17. The molecule has 1 fully saturated rings. The Balaban J connectivity index is 0.00000166. The first kappa shape index (κ1) is 38.8. The van der Waals surface area contributed by atoms with Crippen molar-refractivity contribution in [3.63, 3.8) is 0 Å². The first-order valence-corrected chi connectivity index (χ1v) is 13.8. The Labute approximate surface area is 261 Å². The van der Waals surface area contributed by atoms with Crippen LogP contribution in [0.3, 0.4) is 0 Å². The molecule has 0 bridgehead atoms. The Kier molecular flexibility index (Phi) is 15.2. The fourth-order valence-electron chi connectivity index (χ4n) is 4.25. The number of benzene rings is 2. The summed E-state index contributed by atoms with van der Waals surface area (Å²) in [7, 11) is 0. The monoisotopic (exact) mass is 625 g/mol. The van der Waals surface area contributed by atoms with Crippen LogP contribution in [0, 0.1) is 13.8 Å². The average Bonchev–Trinajstić information content (AvgIpc) is 3.26. The van der Waals surface area contributed by atoms with Gasteiger partial charge in [-0.1, -0.05) is 53.7 Å². The van der Waals surface area contributed by atoms with E-state index < -0.39 is 11.9 Å². The number of aliphatic imine (C=N–C) groups is 2. The molecule has 233 valence electrons. The third-order valence-electron chi connectivity index (χ3n) is 6.62. The van der Waals surface area contributed by atoms with Gasteiger partial charge in [0.15, 0.2) is 0 Å². The van der Waals surface area contributed by atoms with Gasteiger partial charge in [0.05, 0.1) is 12.1 Å². The smallest absolute Gasteiger partial charge is 0.550 e. The summed E-state index contributed by atoms with van der Waals surface area (Å²) in [5.41, 5.74) is 5.75. The molecule has 2 atom stereocenters. The molecule has 1 radical (unpaired) electrons. The van der Waals surface area contributed by atoms with Crippen LogP contribution >= 0.6 is 0 Å². The van der Waals surface area contributed by atoms with Crippen LogP contribution in [0.2, 0.25) is 0 Å². The van der Waals surface area contributed by atoms with Crippen LogP contribution in [0.1, 0.15) is 108 Å². The van der Waals surface area contributed by atoms with E-state index in [0.717, 1.165) is 55.4 Å². The Morgan fingerprint density at radius 2 is 1.02 bits per heavy atom. The SMILES string of the molecule is CC(=O)[O-].CC(=O)[O-].Cc1cc(C(C)(C)C)cc(C=NC2CCC(N=Cc3cc(C(C)(C)C)cc(C)c3O)C2)c1O.[Co+2]. The second-order valence-electron chi connectivity index (χ2n) is 12.6. The van der Waals surface area contributed by atoms with Gasteiger partial charge >= 0.3 is 16.8 Å². The first-order valence-electron chi connectivity index (χ1n) is 13.8. The first-order chi connectivity index (χ1) is 18.7. The van der Waals surface area contributed by atoms with Gasteiger partial charge in [-0.15, -0.1) is 0 Å². The van der Waals surface area contributed by atoms with E-state index in [-0.39, 0.29) is 39.7 Å². The molecule has 0 amide bonds. The van der Waals surface area contributed by atoms with Crippen LogP contribution in [0.25, 0.3) is 0 Å². The molecule has 42 heavy (non-hydrogen) atoms. The quantitative estimate of drug-likeness (QED) is 0.486. The number of hydrogen-bond acceptors (Lipinski definition) is 8. The molecule has 2 aromatic rings. The van der Waals surface area contributed by atoms with Gasteiger partial charge in [-0.25, -0.2) is 0 Å². The maximum Gasteiger partial charge on any atom is 2.00 e. The van der Waals surface area contributed by atoms with Crippen molar-refractivity contribution in [3.05, 3.63) is 57.6 Å². The number of nitrogens with zero attached hydrogens (tertiary/aromatic N) is 2. The second kappa shape index (κ2) is 16.5. The number of aliphatic carboxylic acids is 2. The van der Waals surface area contributed by atoms with Crippen molar-refractivity contribution in [1.29, 1.82) is 0 Å². The molecule has 2 aromatic carbocycles. The molecule has 0 spiro atoms. The molecule has 1 aliphatic rings. The fourth-order valence-corrected chi connectivity index (χ4v) is 4.25. The van der Waals surface area contributed by atoms with Gasteiger partial charge in [-0.3, -0.25) is 9.98 Å². The summed E-state index contributed by atoms with van der Waals surface area (Å²) in [6.07, 6.45) is 6.49. The van der Waals surface area contributed by atoms with Gasteiger partial charge in [0, 0.05) is 35.5 Å². The van der Waals surface area contributed by atoms with Crippen molar-refractivity contribution in [2.75, 3.05) is 0 Å². The summed E-state index contributed by atoms with van der Waals surface area (Å²) >= 11 is 0. The maximum absolute atomic E-state index is 10.5. The summed E-state index contributed by atoms with van der Waals surface area (Å²) in [5.74, 6) is -1.55. The maximum atomic E-state index is 10.5. The van der Waals surface area contributed by atoms with Gasteiger partial charge in [0.2, 0.25) is 0 Å². The van der Waals surface area contributed by atoms with E-state index in [1.165, 1.54) is 11.1 Å². The van der Waals surface area contributed by atoms with Gasteiger partial charge in [0.1, 0.15) is 11.5 Å².